The standard InChI is InChI=1S/C17H29N3O5/c1-2-25-17(24)20-10-8-19(9-11-20)16(23)18-14(15(21)22)12-13-6-4-3-5-7-13/h13-14H,2-12H2,1H3,(H,18,23)(H,21,22)/t14-/m0/s1. The van der Waals surface area contributed by atoms with Crippen LogP contribution >= 0.6 is 0 Å². The van der Waals surface area contributed by atoms with Crippen LogP contribution in [0.5, 0.6) is 0 Å². The zero-order chi connectivity index (χ0) is 18.2. The van der Waals surface area contributed by atoms with Gasteiger partial charge in [-0.2, -0.15) is 0 Å². The summed E-state index contributed by atoms with van der Waals surface area (Å²) in [6.07, 6.45) is 5.69. The summed E-state index contributed by atoms with van der Waals surface area (Å²) in [6.45, 7) is 3.61. The molecule has 1 aliphatic heterocycles. The number of amides is 3. The number of nitrogens with zero attached hydrogens (tertiary/aromatic N) is 2. The van der Waals surface area contributed by atoms with Crippen molar-refractivity contribution in [2.24, 2.45) is 5.92 Å². The molecule has 0 radical (unpaired) electrons. The zero-order valence-corrected chi connectivity index (χ0v) is 14.9. The van der Waals surface area contributed by atoms with Gasteiger partial charge in [-0.25, -0.2) is 14.4 Å². The van der Waals surface area contributed by atoms with E-state index in [2.05, 4.69) is 5.32 Å². The van der Waals surface area contributed by atoms with E-state index in [1.54, 1.807) is 16.7 Å². The molecule has 8 nitrogen and oxygen atoms in total. The van der Waals surface area contributed by atoms with Gasteiger partial charge in [0, 0.05) is 26.2 Å². The first-order valence-electron chi connectivity index (χ1n) is 9.21. The molecule has 0 aromatic heterocycles. The average Bonchev–Trinajstić information content (AvgIpc) is 2.62. The molecule has 1 heterocycles. The van der Waals surface area contributed by atoms with E-state index in [0.29, 0.717) is 45.1 Å². The Morgan fingerprint density at radius 3 is 2.24 bits per heavy atom. The highest BCUT2D eigenvalue weighted by atomic mass is 16.6. The highest BCUT2D eigenvalue weighted by Crippen LogP contribution is 2.27. The summed E-state index contributed by atoms with van der Waals surface area (Å²) in [7, 11) is 0. The fourth-order valence-corrected chi connectivity index (χ4v) is 3.52. The van der Waals surface area contributed by atoms with Crippen molar-refractivity contribution in [3.05, 3.63) is 0 Å². The largest absolute Gasteiger partial charge is 0.480 e. The Balaban J connectivity index is 1.80. The van der Waals surface area contributed by atoms with Crippen molar-refractivity contribution in [2.45, 2.75) is 51.5 Å². The second-order valence-electron chi connectivity index (χ2n) is 6.75. The lowest BCUT2D eigenvalue weighted by molar-refractivity contribution is -0.139. The monoisotopic (exact) mass is 355 g/mol. The Kier molecular flexibility index (Phi) is 7.33. The number of carboxylic acids is 1. The van der Waals surface area contributed by atoms with Crippen LogP contribution in [-0.4, -0.2) is 71.8 Å². The first-order chi connectivity index (χ1) is 12.0. The molecular weight excluding hydrogens is 326 g/mol. The van der Waals surface area contributed by atoms with E-state index in [4.69, 9.17) is 4.74 Å². The fourth-order valence-electron chi connectivity index (χ4n) is 3.52. The molecule has 25 heavy (non-hydrogen) atoms. The van der Waals surface area contributed by atoms with Gasteiger partial charge in [-0.05, 0) is 19.3 Å². The lowest BCUT2D eigenvalue weighted by Crippen LogP contribution is -2.55. The molecule has 1 aliphatic carbocycles. The highest BCUT2D eigenvalue weighted by Gasteiger charge is 2.29. The van der Waals surface area contributed by atoms with Crippen molar-refractivity contribution < 1.29 is 24.2 Å². The number of nitrogens with one attached hydrogen (secondary N) is 1. The Morgan fingerprint density at radius 1 is 1.08 bits per heavy atom. The van der Waals surface area contributed by atoms with Crippen LogP contribution in [-0.2, 0) is 9.53 Å². The molecule has 2 fully saturated rings. The molecule has 0 bridgehead atoms. The van der Waals surface area contributed by atoms with Gasteiger partial charge in [-0.1, -0.05) is 32.1 Å². The maximum absolute atomic E-state index is 12.4. The quantitative estimate of drug-likeness (QED) is 0.785. The summed E-state index contributed by atoms with van der Waals surface area (Å²) in [5.74, 6) is -0.611. The maximum atomic E-state index is 12.4. The van der Waals surface area contributed by atoms with Crippen LogP contribution in [0.3, 0.4) is 0 Å². The van der Waals surface area contributed by atoms with Crippen molar-refractivity contribution in [2.75, 3.05) is 32.8 Å². The minimum Gasteiger partial charge on any atom is -0.480 e. The Morgan fingerprint density at radius 2 is 1.68 bits per heavy atom. The third-order valence-corrected chi connectivity index (χ3v) is 4.98. The van der Waals surface area contributed by atoms with Gasteiger partial charge >= 0.3 is 18.1 Å². The van der Waals surface area contributed by atoms with E-state index in [1.807, 2.05) is 0 Å². The van der Waals surface area contributed by atoms with Gasteiger partial charge in [0.2, 0.25) is 0 Å². The second kappa shape index (κ2) is 9.48. The Hall–Kier alpha value is -1.99. The number of carbonyl (C=O) groups is 3. The summed E-state index contributed by atoms with van der Waals surface area (Å²) >= 11 is 0. The molecule has 1 saturated heterocycles. The summed E-state index contributed by atoms with van der Waals surface area (Å²) in [5.41, 5.74) is 0. The van der Waals surface area contributed by atoms with Gasteiger partial charge in [0.25, 0.3) is 0 Å². The SMILES string of the molecule is CCOC(=O)N1CCN(C(=O)N[C@@H](CC2CCCCC2)C(=O)O)CC1. The molecule has 0 spiro atoms. The van der Waals surface area contributed by atoms with E-state index >= 15 is 0 Å². The van der Waals surface area contributed by atoms with Gasteiger partial charge < -0.3 is 25.0 Å². The van der Waals surface area contributed by atoms with Gasteiger partial charge in [0.05, 0.1) is 6.61 Å². The smallest absolute Gasteiger partial charge is 0.409 e. The van der Waals surface area contributed by atoms with E-state index in [0.717, 1.165) is 25.7 Å². The zero-order valence-electron chi connectivity index (χ0n) is 14.9. The van der Waals surface area contributed by atoms with Crippen LogP contribution in [0.1, 0.15) is 45.4 Å². The first-order valence-corrected chi connectivity index (χ1v) is 9.21. The van der Waals surface area contributed by atoms with Crippen LogP contribution in [0, 0.1) is 5.92 Å². The molecule has 3 amide bonds. The van der Waals surface area contributed by atoms with Crippen molar-refractivity contribution in [1.82, 2.24) is 15.1 Å². The molecule has 2 rings (SSSR count). The molecule has 1 atom stereocenters. The molecule has 0 aromatic carbocycles. The number of urea groups is 1. The molecular formula is C17H29N3O5. The minimum absolute atomic E-state index is 0.320. The van der Waals surface area contributed by atoms with Gasteiger partial charge in [-0.15, -0.1) is 0 Å². The number of rotatable bonds is 5. The van der Waals surface area contributed by atoms with Gasteiger partial charge in [0.1, 0.15) is 6.04 Å². The van der Waals surface area contributed by atoms with Gasteiger partial charge in [-0.3, -0.25) is 0 Å². The maximum Gasteiger partial charge on any atom is 0.409 e. The number of aliphatic carboxylic acids is 1. The van der Waals surface area contributed by atoms with Crippen LogP contribution < -0.4 is 5.32 Å². The Labute approximate surface area is 148 Å². The summed E-state index contributed by atoms with van der Waals surface area (Å²) in [4.78, 5) is 38.7. The predicted molar refractivity (Wildman–Crippen MR) is 91.3 cm³/mol. The molecule has 0 unspecified atom stereocenters. The normalized spacial score (nSPS) is 20.0. The van der Waals surface area contributed by atoms with Crippen molar-refractivity contribution >= 4 is 18.1 Å². The van der Waals surface area contributed by atoms with E-state index in [1.165, 1.54) is 6.42 Å². The van der Waals surface area contributed by atoms with E-state index in [9.17, 15) is 19.5 Å². The molecule has 142 valence electrons. The van der Waals surface area contributed by atoms with Crippen LogP contribution in [0.4, 0.5) is 9.59 Å². The first kappa shape index (κ1) is 19.3. The topological polar surface area (TPSA) is 99.2 Å². The third kappa shape index (κ3) is 5.79. The summed E-state index contributed by atoms with van der Waals surface area (Å²) in [6, 6.07) is -1.22. The lowest BCUT2D eigenvalue weighted by atomic mass is 9.85. The van der Waals surface area contributed by atoms with Crippen molar-refractivity contribution in [3.63, 3.8) is 0 Å². The van der Waals surface area contributed by atoms with E-state index in [-0.39, 0.29) is 12.1 Å². The fraction of sp³-hybridized carbons (Fsp3) is 0.824. The van der Waals surface area contributed by atoms with E-state index < -0.39 is 12.0 Å². The Bertz CT molecular complexity index is 471. The predicted octanol–water partition coefficient (Wildman–Crippen LogP) is 1.89. The number of carbonyl (C=O) groups excluding carboxylic acids is 2. The molecule has 1 saturated carbocycles. The molecule has 2 N–H and O–H groups in total. The number of ether oxygens (including phenoxy) is 1. The number of hydrogen-bond acceptors (Lipinski definition) is 4. The molecule has 2 aliphatic rings. The number of carboxylic acid groups (broad SMARTS) is 1. The number of piperazine rings is 1. The second-order valence-corrected chi connectivity index (χ2v) is 6.75. The van der Waals surface area contributed by atoms with Crippen molar-refractivity contribution in [3.8, 4) is 0 Å². The summed E-state index contributed by atoms with van der Waals surface area (Å²) < 4.78 is 4.95. The number of hydrogen-bond donors (Lipinski definition) is 2. The minimum atomic E-state index is -0.982. The van der Waals surface area contributed by atoms with Crippen LogP contribution in [0.15, 0.2) is 0 Å². The molecule has 0 aromatic rings. The van der Waals surface area contributed by atoms with Crippen LogP contribution in [0.25, 0.3) is 0 Å². The highest BCUT2D eigenvalue weighted by molar-refractivity contribution is 5.82. The molecule has 8 heteroatoms. The third-order valence-electron chi connectivity index (χ3n) is 4.98. The van der Waals surface area contributed by atoms with Crippen LogP contribution in [0.2, 0.25) is 0 Å². The lowest BCUT2D eigenvalue weighted by Gasteiger charge is -2.35. The summed E-state index contributed by atoms with van der Waals surface area (Å²) in [5, 5.41) is 12.1. The van der Waals surface area contributed by atoms with Crippen molar-refractivity contribution in [1.29, 1.82) is 0 Å². The average molecular weight is 355 g/mol. The van der Waals surface area contributed by atoms with Gasteiger partial charge in [0.15, 0.2) is 0 Å².